The number of rotatable bonds is 6. The van der Waals surface area contributed by atoms with Gasteiger partial charge in [-0.3, -0.25) is 19.8 Å². The normalized spacial score (nSPS) is 14.7. The fourth-order valence-electron chi connectivity index (χ4n) is 2.93. The van der Waals surface area contributed by atoms with Crippen LogP contribution >= 0.6 is 11.6 Å². The summed E-state index contributed by atoms with van der Waals surface area (Å²) in [5.74, 6) is -0.381. The molecule has 1 heterocycles. The van der Waals surface area contributed by atoms with E-state index in [0.717, 1.165) is 38.4 Å². The van der Waals surface area contributed by atoms with Crippen LogP contribution in [0, 0.1) is 10.1 Å². The van der Waals surface area contributed by atoms with Crippen LogP contribution in [0.3, 0.4) is 0 Å². The van der Waals surface area contributed by atoms with Crippen molar-refractivity contribution in [2.75, 3.05) is 26.3 Å². The average Bonchev–Trinajstić information content (AvgIpc) is 2.67. The van der Waals surface area contributed by atoms with Gasteiger partial charge in [-0.05, 0) is 23.3 Å². The zero-order valence-electron chi connectivity index (χ0n) is 14.7. The Morgan fingerprint density at radius 2 is 1.93 bits per heavy atom. The Hall–Kier alpha value is -2.48. The number of ether oxygens (including phenoxy) is 1. The molecule has 0 aliphatic carbocycles. The minimum atomic E-state index is -0.603. The van der Waals surface area contributed by atoms with Crippen LogP contribution in [0.2, 0.25) is 5.02 Å². The molecule has 0 aromatic heterocycles. The van der Waals surface area contributed by atoms with Crippen molar-refractivity contribution in [1.82, 2.24) is 10.2 Å². The second kappa shape index (κ2) is 8.94. The van der Waals surface area contributed by atoms with E-state index < -0.39 is 4.92 Å². The molecule has 0 spiro atoms. The largest absolute Gasteiger partial charge is 0.379 e. The summed E-state index contributed by atoms with van der Waals surface area (Å²) in [6.45, 7) is 4.51. The maximum absolute atomic E-state index is 12.3. The molecule has 0 saturated carbocycles. The molecule has 1 N–H and O–H groups in total. The molecule has 3 rings (SSSR count). The molecule has 8 heteroatoms. The van der Waals surface area contributed by atoms with Crippen LogP contribution in [0.25, 0.3) is 0 Å². The van der Waals surface area contributed by atoms with Crippen molar-refractivity contribution >= 4 is 23.2 Å². The van der Waals surface area contributed by atoms with E-state index in [2.05, 4.69) is 22.3 Å². The van der Waals surface area contributed by atoms with Crippen molar-refractivity contribution in [3.8, 4) is 0 Å². The summed E-state index contributed by atoms with van der Waals surface area (Å²) < 4.78 is 5.36. The maximum atomic E-state index is 12.3. The molecule has 0 atom stereocenters. The van der Waals surface area contributed by atoms with Crippen LogP contribution < -0.4 is 5.32 Å². The van der Waals surface area contributed by atoms with Crippen LogP contribution in [0.15, 0.2) is 42.5 Å². The number of hydrogen-bond acceptors (Lipinski definition) is 5. The van der Waals surface area contributed by atoms with Crippen LogP contribution in [0.1, 0.15) is 21.5 Å². The minimum absolute atomic E-state index is 0.00682. The number of carbonyl (C=O) groups excluding carboxylic acids is 1. The van der Waals surface area contributed by atoms with Gasteiger partial charge in [0.15, 0.2) is 0 Å². The van der Waals surface area contributed by atoms with E-state index >= 15 is 0 Å². The van der Waals surface area contributed by atoms with Gasteiger partial charge in [-0.25, -0.2) is 0 Å². The molecule has 2 aromatic carbocycles. The third-order valence-electron chi connectivity index (χ3n) is 4.36. The molecule has 1 amide bonds. The molecular formula is C19H20ClN3O4. The second-order valence-corrected chi connectivity index (χ2v) is 6.72. The van der Waals surface area contributed by atoms with Crippen molar-refractivity contribution in [3.05, 3.63) is 74.3 Å². The van der Waals surface area contributed by atoms with E-state index in [-0.39, 0.29) is 22.2 Å². The van der Waals surface area contributed by atoms with Crippen LogP contribution in [-0.2, 0) is 17.8 Å². The Bertz CT molecular complexity index is 837. The highest BCUT2D eigenvalue weighted by Gasteiger charge is 2.16. The summed E-state index contributed by atoms with van der Waals surface area (Å²) in [6, 6.07) is 12.0. The van der Waals surface area contributed by atoms with Crippen molar-refractivity contribution in [2.24, 2.45) is 0 Å². The molecule has 2 aromatic rings. The van der Waals surface area contributed by atoms with Gasteiger partial charge in [-0.2, -0.15) is 0 Å². The molecule has 0 bridgehead atoms. The summed E-state index contributed by atoms with van der Waals surface area (Å²) in [6.07, 6.45) is 0. The van der Waals surface area contributed by atoms with Gasteiger partial charge < -0.3 is 10.1 Å². The summed E-state index contributed by atoms with van der Waals surface area (Å²) in [5, 5.41) is 13.8. The number of amides is 1. The zero-order valence-corrected chi connectivity index (χ0v) is 15.4. The van der Waals surface area contributed by atoms with Gasteiger partial charge >= 0.3 is 0 Å². The summed E-state index contributed by atoms with van der Waals surface area (Å²) in [4.78, 5) is 25.0. The molecule has 27 heavy (non-hydrogen) atoms. The lowest BCUT2D eigenvalue weighted by atomic mass is 10.1. The van der Waals surface area contributed by atoms with Crippen LogP contribution in [0.5, 0.6) is 0 Å². The average molecular weight is 390 g/mol. The number of nitro groups is 1. The van der Waals surface area contributed by atoms with Gasteiger partial charge in [0.1, 0.15) is 5.02 Å². The Labute approximate surface area is 162 Å². The predicted octanol–water partition coefficient (Wildman–Crippen LogP) is 3.01. The lowest BCUT2D eigenvalue weighted by Crippen LogP contribution is -2.35. The van der Waals surface area contributed by atoms with Crippen molar-refractivity contribution in [3.63, 3.8) is 0 Å². The third kappa shape index (κ3) is 5.26. The van der Waals surface area contributed by atoms with Gasteiger partial charge in [0, 0.05) is 37.8 Å². The number of benzene rings is 2. The SMILES string of the molecule is O=C(NCc1cccc(CN2CCOCC2)c1)c1ccc(Cl)c([N+](=O)[O-])c1. The first kappa shape index (κ1) is 19.3. The molecule has 7 nitrogen and oxygen atoms in total. The van der Waals surface area contributed by atoms with E-state index in [0.29, 0.717) is 6.54 Å². The van der Waals surface area contributed by atoms with Crippen molar-refractivity contribution in [1.29, 1.82) is 0 Å². The highest BCUT2D eigenvalue weighted by atomic mass is 35.5. The van der Waals surface area contributed by atoms with Gasteiger partial charge in [0.25, 0.3) is 11.6 Å². The highest BCUT2D eigenvalue weighted by molar-refractivity contribution is 6.32. The smallest absolute Gasteiger partial charge is 0.288 e. The first-order chi connectivity index (χ1) is 13.0. The first-order valence-corrected chi connectivity index (χ1v) is 9.01. The number of carbonyl (C=O) groups is 1. The quantitative estimate of drug-likeness (QED) is 0.606. The Balaban J connectivity index is 1.61. The number of nitrogens with one attached hydrogen (secondary N) is 1. The summed E-state index contributed by atoms with van der Waals surface area (Å²) in [7, 11) is 0. The number of morpholine rings is 1. The maximum Gasteiger partial charge on any atom is 0.288 e. The molecule has 0 radical (unpaired) electrons. The van der Waals surface area contributed by atoms with E-state index in [1.807, 2.05) is 12.1 Å². The predicted molar refractivity (Wildman–Crippen MR) is 102 cm³/mol. The fourth-order valence-corrected chi connectivity index (χ4v) is 3.12. The monoisotopic (exact) mass is 389 g/mol. The van der Waals surface area contributed by atoms with E-state index in [4.69, 9.17) is 16.3 Å². The zero-order chi connectivity index (χ0) is 19.2. The molecule has 1 fully saturated rings. The highest BCUT2D eigenvalue weighted by Crippen LogP contribution is 2.25. The lowest BCUT2D eigenvalue weighted by molar-refractivity contribution is -0.384. The number of nitro benzene ring substituents is 1. The minimum Gasteiger partial charge on any atom is -0.379 e. The molecule has 1 saturated heterocycles. The second-order valence-electron chi connectivity index (χ2n) is 6.31. The molecule has 1 aliphatic rings. The van der Waals surface area contributed by atoms with Gasteiger partial charge in [-0.1, -0.05) is 35.9 Å². The van der Waals surface area contributed by atoms with Crippen LogP contribution in [-0.4, -0.2) is 42.0 Å². The first-order valence-electron chi connectivity index (χ1n) is 8.63. The fraction of sp³-hybridized carbons (Fsp3) is 0.316. The molecular weight excluding hydrogens is 370 g/mol. The molecule has 142 valence electrons. The lowest BCUT2D eigenvalue weighted by Gasteiger charge is -2.26. The number of halogens is 1. The molecule has 1 aliphatic heterocycles. The van der Waals surface area contributed by atoms with Gasteiger partial charge in [-0.15, -0.1) is 0 Å². The Morgan fingerprint density at radius 1 is 1.19 bits per heavy atom. The van der Waals surface area contributed by atoms with Crippen LogP contribution in [0.4, 0.5) is 5.69 Å². The van der Waals surface area contributed by atoms with Crippen molar-refractivity contribution in [2.45, 2.75) is 13.1 Å². The topological polar surface area (TPSA) is 84.7 Å². The Kier molecular flexibility index (Phi) is 6.39. The third-order valence-corrected chi connectivity index (χ3v) is 4.68. The van der Waals surface area contributed by atoms with Gasteiger partial charge in [0.2, 0.25) is 0 Å². The van der Waals surface area contributed by atoms with Gasteiger partial charge in [0.05, 0.1) is 18.1 Å². The Morgan fingerprint density at radius 3 is 2.67 bits per heavy atom. The number of hydrogen-bond donors (Lipinski definition) is 1. The molecule has 0 unspecified atom stereocenters. The van der Waals surface area contributed by atoms with E-state index in [1.54, 1.807) is 0 Å². The summed E-state index contributed by atoms with van der Waals surface area (Å²) in [5.41, 5.74) is 2.07. The summed E-state index contributed by atoms with van der Waals surface area (Å²) >= 11 is 5.78. The standard InChI is InChI=1S/C19H20ClN3O4/c20-17-5-4-16(11-18(17)23(25)26)19(24)21-12-14-2-1-3-15(10-14)13-22-6-8-27-9-7-22/h1-5,10-11H,6-9,12-13H2,(H,21,24). The van der Waals surface area contributed by atoms with E-state index in [9.17, 15) is 14.9 Å². The number of nitrogens with zero attached hydrogens (tertiary/aromatic N) is 2. The van der Waals surface area contributed by atoms with Crippen molar-refractivity contribution < 1.29 is 14.5 Å². The van der Waals surface area contributed by atoms with E-state index in [1.165, 1.54) is 23.8 Å².